The van der Waals surface area contributed by atoms with Gasteiger partial charge in [0.2, 0.25) is 0 Å². The molecule has 2 aromatic carbocycles. The molecular formula is C24H27NO4. The molecule has 0 aliphatic rings. The maximum atomic E-state index is 11.5. The highest BCUT2D eigenvalue weighted by molar-refractivity contribution is 5.69. The second-order valence-electron chi connectivity index (χ2n) is 6.96. The first kappa shape index (κ1) is 22.1. The van der Waals surface area contributed by atoms with Crippen LogP contribution in [0.25, 0.3) is 12.2 Å². The van der Waals surface area contributed by atoms with E-state index < -0.39 is 10.9 Å². The number of non-ortho nitro benzene ring substituents is 1. The van der Waals surface area contributed by atoms with Crippen molar-refractivity contribution in [3.8, 4) is 0 Å². The van der Waals surface area contributed by atoms with Crippen molar-refractivity contribution in [1.29, 1.82) is 0 Å². The molecule has 2 aromatic rings. The van der Waals surface area contributed by atoms with Gasteiger partial charge in [-0.2, -0.15) is 0 Å². The predicted molar refractivity (Wildman–Crippen MR) is 116 cm³/mol. The van der Waals surface area contributed by atoms with Crippen LogP contribution in [0.2, 0.25) is 0 Å². The molecule has 2 rings (SSSR count). The normalized spacial score (nSPS) is 12.4. The summed E-state index contributed by atoms with van der Waals surface area (Å²) in [6.07, 6.45) is 12.7. The van der Waals surface area contributed by atoms with E-state index in [4.69, 9.17) is 0 Å². The maximum absolute atomic E-state index is 11.5. The lowest BCUT2D eigenvalue weighted by Gasteiger charge is -2.10. The van der Waals surface area contributed by atoms with Gasteiger partial charge in [-0.05, 0) is 61.8 Å². The molecule has 0 aromatic heterocycles. The van der Waals surface area contributed by atoms with E-state index in [0.29, 0.717) is 12.8 Å². The number of carboxylic acids is 1. The first-order chi connectivity index (χ1) is 14.1. The molecule has 0 fully saturated rings. The number of carbonyl (C=O) groups is 1. The van der Waals surface area contributed by atoms with E-state index in [1.54, 1.807) is 12.1 Å². The zero-order chi connectivity index (χ0) is 20.9. The molecule has 0 saturated carbocycles. The number of nitro groups is 1. The fourth-order valence-electron chi connectivity index (χ4n) is 3.07. The summed E-state index contributed by atoms with van der Waals surface area (Å²) in [5, 5.41) is 20.1. The van der Waals surface area contributed by atoms with E-state index in [0.717, 1.165) is 36.8 Å². The summed E-state index contributed by atoms with van der Waals surface area (Å²) in [7, 11) is 0. The van der Waals surface area contributed by atoms with Crippen LogP contribution in [0.1, 0.15) is 49.7 Å². The Balaban J connectivity index is 1.67. The molecule has 29 heavy (non-hydrogen) atoms. The van der Waals surface area contributed by atoms with Crippen LogP contribution in [0.4, 0.5) is 5.69 Å². The molecule has 0 saturated heterocycles. The summed E-state index contributed by atoms with van der Waals surface area (Å²) < 4.78 is 0. The Labute approximate surface area is 171 Å². The second kappa shape index (κ2) is 12.3. The van der Waals surface area contributed by atoms with Crippen LogP contribution in [0, 0.1) is 16.0 Å². The maximum Gasteiger partial charge on any atom is 0.306 e. The van der Waals surface area contributed by atoms with Gasteiger partial charge in [0.05, 0.1) is 10.8 Å². The van der Waals surface area contributed by atoms with Gasteiger partial charge in [-0.25, -0.2) is 0 Å². The number of nitro benzene ring substituents is 1. The lowest BCUT2D eigenvalue weighted by molar-refractivity contribution is -0.384. The van der Waals surface area contributed by atoms with Crippen molar-refractivity contribution >= 4 is 23.8 Å². The van der Waals surface area contributed by atoms with Crippen LogP contribution in [0.15, 0.2) is 66.7 Å². The summed E-state index contributed by atoms with van der Waals surface area (Å²) in [5.41, 5.74) is 2.13. The molecule has 1 unspecified atom stereocenters. The number of rotatable bonds is 12. The van der Waals surface area contributed by atoms with Crippen molar-refractivity contribution in [2.24, 2.45) is 5.92 Å². The summed E-state index contributed by atoms with van der Waals surface area (Å²) in [6.45, 7) is 0. The molecule has 0 aliphatic heterocycles. The molecule has 5 nitrogen and oxygen atoms in total. The minimum atomic E-state index is -0.726. The fraction of sp³-hybridized carbons (Fsp3) is 0.292. The molecule has 1 N–H and O–H groups in total. The molecule has 0 spiro atoms. The Morgan fingerprint density at radius 2 is 1.41 bits per heavy atom. The van der Waals surface area contributed by atoms with Crippen molar-refractivity contribution in [3.05, 3.63) is 88.0 Å². The van der Waals surface area contributed by atoms with Crippen LogP contribution in [0.3, 0.4) is 0 Å². The Morgan fingerprint density at radius 3 is 1.90 bits per heavy atom. The van der Waals surface area contributed by atoms with Crippen molar-refractivity contribution in [2.75, 3.05) is 0 Å². The van der Waals surface area contributed by atoms with Crippen LogP contribution < -0.4 is 0 Å². The largest absolute Gasteiger partial charge is 0.481 e. The number of unbranched alkanes of at least 4 members (excludes halogenated alkanes) is 2. The van der Waals surface area contributed by atoms with Crippen molar-refractivity contribution < 1.29 is 14.8 Å². The number of hydrogen-bond donors (Lipinski definition) is 1. The first-order valence-corrected chi connectivity index (χ1v) is 9.91. The van der Waals surface area contributed by atoms with Gasteiger partial charge >= 0.3 is 5.97 Å². The van der Waals surface area contributed by atoms with Crippen molar-refractivity contribution in [3.63, 3.8) is 0 Å². The van der Waals surface area contributed by atoms with E-state index >= 15 is 0 Å². The number of benzene rings is 2. The van der Waals surface area contributed by atoms with E-state index in [9.17, 15) is 20.0 Å². The van der Waals surface area contributed by atoms with Crippen LogP contribution in [-0.2, 0) is 4.79 Å². The third kappa shape index (κ3) is 8.56. The summed E-state index contributed by atoms with van der Waals surface area (Å²) >= 11 is 0. The van der Waals surface area contributed by atoms with Gasteiger partial charge in [0.15, 0.2) is 0 Å². The number of carboxylic acid groups (broad SMARTS) is 1. The quantitative estimate of drug-likeness (QED) is 0.258. The number of hydrogen-bond acceptors (Lipinski definition) is 3. The highest BCUT2D eigenvalue weighted by Gasteiger charge is 2.15. The van der Waals surface area contributed by atoms with E-state index in [1.807, 2.05) is 42.5 Å². The Kier molecular flexibility index (Phi) is 9.36. The van der Waals surface area contributed by atoms with Gasteiger partial charge in [-0.3, -0.25) is 14.9 Å². The van der Waals surface area contributed by atoms with Gasteiger partial charge in [0, 0.05) is 12.1 Å². The molecule has 5 heteroatoms. The van der Waals surface area contributed by atoms with Gasteiger partial charge < -0.3 is 5.11 Å². The van der Waals surface area contributed by atoms with E-state index in [-0.39, 0.29) is 11.6 Å². The highest BCUT2D eigenvalue weighted by atomic mass is 16.6. The molecule has 152 valence electrons. The molecule has 0 aliphatic carbocycles. The smallest absolute Gasteiger partial charge is 0.306 e. The number of nitrogens with zero attached hydrogens (tertiary/aromatic N) is 1. The van der Waals surface area contributed by atoms with Crippen molar-refractivity contribution in [2.45, 2.75) is 38.5 Å². The van der Waals surface area contributed by atoms with Crippen LogP contribution >= 0.6 is 0 Å². The van der Waals surface area contributed by atoms with Gasteiger partial charge in [0.1, 0.15) is 0 Å². The zero-order valence-corrected chi connectivity index (χ0v) is 16.4. The minimum absolute atomic E-state index is 0.0741. The molecule has 0 radical (unpaired) electrons. The van der Waals surface area contributed by atoms with Gasteiger partial charge in [0.25, 0.3) is 5.69 Å². The van der Waals surface area contributed by atoms with Crippen molar-refractivity contribution in [1.82, 2.24) is 0 Å². The predicted octanol–water partition coefficient (Wildman–Crippen LogP) is 6.36. The Bertz CT molecular complexity index is 826. The van der Waals surface area contributed by atoms with E-state index in [2.05, 4.69) is 12.2 Å². The summed E-state index contributed by atoms with van der Waals surface area (Å²) in [6, 6.07) is 16.4. The third-order valence-corrected chi connectivity index (χ3v) is 4.72. The molecule has 0 heterocycles. The zero-order valence-electron chi connectivity index (χ0n) is 16.4. The fourth-order valence-corrected chi connectivity index (χ4v) is 3.07. The Hall–Kier alpha value is -3.21. The molecule has 0 bridgehead atoms. The topological polar surface area (TPSA) is 80.4 Å². The van der Waals surface area contributed by atoms with Gasteiger partial charge in [-0.1, -0.05) is 54.6 Å². The van der Waals surface area contributed by atoms with E-state index in [1.165, 1.54) is 12.1 Å². The lowest BCUT2D eigenvalue weighted by atomic mass is 9.95. The molecule has 0 amide bonds. The highest BCUT2D eigenvalue weighted by Crippen LogP contribution is 2.18. The third-order valence-electron chi connectivity index (χ3n) is 4.72. The van der Waals surface area contributed by atoms with Gasteiger partial charge in [-0.15, -0.1) is 0 Å². The average Bonchev–Trinajstić information content (AvgIpc) is 2.72. The molecular weight excluding hydrogens is 366 g/mol. The number of allylic oxidation sites excluding steroid dienone is 2. The summed E-state index contributed by atoms with van der Waals surface area (Å²) in [5.74, 6) is -1.04. The van der Waals surface area contributed by atoms with Crippen LogP contribution in [-0.4, -0.2) is 16.0 Å². The minimum Gasteiger partial charge on any atom is -0.481 e. The first-order valence-electron chi connectivity index (χ1n) is 9.91. The molecule has 1 atom stereocenters. The number of aliphatic carboxylic acids is 1. The monoisotopic (exact) mass is 393 g/mol. The van der Waals surface area contributed by atoms with Crippen LogP contribution in [0.5, 0.6) is 0 Å². The average molecular weight is 393 g/mol. The Morgan fingerprint density at radius 1 is 0.897 bits per heavy atom. The SMILES string of the molecule is O=C(O)C(CCC/C=C/c1ccccc1)CCC/C=C/c1ccc([N+](=O)[O-])cc1. The lowest BCUT2D eigenvalue weighted by Crippen LogP contribution is -2.13. The second-order valence-corrected chi connectivity index (χ2v) is 6.96. The summed E-state index contributed by atoms with van der Waals surface area (Å²) in [4.78, 5) is 21.7. The standard InChI is InChI=1S/C24H27NO4/c26-24(27)22(14-8-2-6-12-20-10-4-1-5-11-20)15-9-3-7-13-21-16-18-23(19-17-21)25(28)29/h1,4-7,10-13,16-19,22H,2-3,8-9,14-15H2,(H,26,27)/b12-6+,13-7+.